The molecule has 0 saturated carbocycles. The number of carbonyl (C=O) groups excluding carboxylic acids is 1. The standard InChI is InChI=1S/C19H18ClFN4O2S/c1-25(10-14-15(20)4-3-5-16(14)21)17(26)11-28-19-22-18(23-24-19)12-6-8-13(27-2)9-7-12/h3-9H,10-11H2,1-2H3,(H,22,23,24). The van der Waals surface area contributed by atoms with Crippen molar-refractivity contribution in [2.75, 3.05) is 19.9 Å². The van der Waals surface area contributed by atoms with Crippen molar-refractivity contribution in [3.8, 4) is 17.1 Å². The van der Waals surface area contributed by atoms with E-state index in [1.807, 2.05) is 24.3 Å². The largest absolute Gasteiger partial charge is 0.497 e. The smallest absolute Gasteiger partial charge is 0.233 e. The first-order valence-corrected chi connectivity index (χ1v) is 9.70. The minimum absolute atomic E-state index is 0.0932. The van der Waals surface area contributed by atoms with E-state index >= 15 is 0 Å². The van der Waals surface area contributed by atoms with E-state index in [9.17, 15) is 9.18 Å². The van der Waals surface area contributed by atoms with Crippen molar-refractivity contribution in [1.82, 2.24) is 20.1 Å². The predicted molar refractivity (Wildman–Crippen MR) is 107 cm³/mol. The molecule has 9 heteroatoms. The van der Waals surface area contributed by atoms with Crippen LogP contribution in [-0.2, 0) is 11.3 Å². The van der Waals surface area contributed by atoms with Crippen molar-refractivity contribution < 1.29 is 13.9 Å². The number of aromatic nitrogens is 3. The summed E-state index contributed by atoms with van der Waals surface area (Å²) in [5.41, 5.74) is 1.16. The molecule has 0 atom stereocenters. The zero-order valence-electron chi connectivity index (χ0n) is 15.3. The maximum Gasteiger partial charge on any atom is 0.233 e. The Balaban J connectivity index is 1.58. The zero-order chi connectivity index (χ0) is 20.1. The first-order valence-electron chi connectivity index (χ1n) is 8.34. The van der Waals surface area contributed by atoms with Crippen LogP contribution in [0.15, 0.2) is 47.6 Å². The van der Waals surface area contributed by atoms with E-state index in [0.717, 1.165) is 11.3 Å². The van der Waals surface area contributed by atoms with E-state index in [1.165, 1.54) is 28.8 Å². The monoisotopic (exact) mass is 420 g/mol. The minimum atomic E-state index is -0.432. The summed E-state index contributed by atoms with van der Waals surface area (Å²) in [4.78, 5) is 18.2. The molecule has 2 aromatic carbocycles. The van der Waals surface area contributed by atoms with E-state index < -0.39 is 5.82 Å². The molecule has 6 nitrogen and oxygen atoms in total. The van der Waals surface area contributed by atoms with Gasteiger partial charge in [-0.2, -0.15) is 0 Å². The fourth-order valence-electron chi connectivity index (χ4n) is 2.43. The van der Waals surface area contributed by atoms with Crippen LogP contribution >= 0.6 is 23.4 Å². The fraction of sp³-hybridized carbons (Fsp3) is 0.211. The summed E-state index contributed by atoms with van der Waals surface area (Å²) >= 11 is 7.22. The molecule has 1 aromatic heterocycles. The lowest BCUT2D eigenvalue weighted by Crippen LogP contribution is -2.28. The van der Waals surface area contributed by atoms with Gasteiger partial charge in [-0.3, -0.25) is 9.89 Å². The number of hydrogen-bond acceptors (Lipinski definition) is 5. The summed E-state index contributed by atoms with van der Waals surface area (Å²) in [5, 5.41) is 7.73. The quantitative estimate of drug-likeness (QED) is 0.584. The number of nitrogens with zero attached hydrogens (tertiary/aromatic N) is 3. The Kier molecular flexibility index (Phi) is 6.53. The van der Waals surface area contributed by atoms with Gasteiger partial charge in [0.1, 0.15) is 11.6 Å². The molecule has 0 saturated heterocycles. The lowest BCUT2D eigenvalue weighted by molar-refractivity contribution is -0.127. The number of nitrogens with one attached hydrogen (secondary N) is 1. The van der Waals surface area contributed by atoms with Gasteiger partial charge in [0.25, 0.3) is 0 Å². The Hall–Kier alpha value is -2.58. The van der Waals surface area contributed by atoms with E-state index in [-0.39, 0.29) is 18.2 Å². The maximum absolute atomic E-state index is 13.9. The van der Waals surface area contributed by atoms with Crippen LogP contribution in [0, 0.1) is 5.82 Å². The van der Waals surface area contributed by atoms with Gasteiger partial charge in [0.05, 0.1) is 12.9 Å². The molecule has 1 N–H and O–H groups in total. The number of rotatable bonds is 7. The van der Waals surface area contributed by atoms with Crippen LogP contribution in [0.5, 0.6) is 5.75 Å². The number of thioether (sulfide) groups is 1. The fourth-order valence-corrected chi connectivity index (χ4v) is 3.40. The van der Waals surface area contributed by atoms with E-state index in [0.29, 0.717) is 21.6 Å². The van der Waals surface area contributed by atoms with Gasteiger partial charge in [-0.25, -0.2) is 9.37 Å². The Morgan fingerprint density at radius 1 is 1.29 bits per heavy atom. The summed E-state index contributed by atoms with van der Waals surface area (Å²) in [6.07, 6.45) is 0. The number of H-pyrrole nitrogens is 1. The average Bonchev–Trinajstić information content (AvgIpc) is 3.18. The number of hydrogen-bond donors (Lipinski definition) is 1. The first kappa shape index (κ1) is 20.2. The number of halogens is 2. The van der Waals surface area contributed by atoms with Crippen LogP contribution in [0.4, 0.5) is 4.39 Å². The molecule has 0 radical (unpaired) electrons. The molecular weight excluding hydrogens is 403 g/mol. The molecule has 0 fully saturated rings. The van der Waals surface area contributed by atoms with Gasteiger partial charge in [-0.15, -0.1) is 5.10 Å². The first-order chi connectivity index (χ1) is 13.5. The summed E-state index contributed by atoms with van der Waals surface area (Å²) in [7, 11) is 3.21. The Bertz CT molecular complexity index is 945. The average molecular weight is 421 g/mol. The van der Waals surface area contributed by atoms with Crippen LogP contribution in [0.25, 0.3) is 11.4 Å². The van der Waals surface area contributed by atoms with Gasteiger partial charge >= 0.3 is 0 Å². The minimum Gasteiger partial charge on any atom is -0.497 e. The topological polar surface area (TPSA) is 71.1 Å². The van der Waals surface area contributed by atoms with Gasteiger partial charge in [-0.05, 0) is 36.4 Å². The number of methoxy groups -OCH3 is 1. The highest BCUT2D eigenvalue weighted by molar-refractivity contribution is 7.99. The third-order valence-electron chi connectivity index (χ3n) is 4.04. The third-order valence-corrected chi connectivity index (χ3v) is 5.22. The van der Waals surface area contributed by atoms with Crippen LogP contribution in [0.1, 0.15) is 5.56 Å². The number of aromatic amines is 1. The molecule has 146 valence electrons. The third kappa shape index (κ3) is 4.82. The van der Waals surface area contributed by atoms with Crippen LogP contribution in [0.2, 0.25) is 5.02 Å². The molecule has 1 heterocycles. The van der Waals surface area contributed by atoms with Gasteiger partial charge < -0.3 is 9.64 Å². The van der Waals surface area contributed by atoms with Gasteiger partial charge in [0.2, 0.25) is 11.1 Å². The van der Waals surface area contributed by atoms with Crippen molar-refractivity contribution >= 4 is 29.3 Å². The molecular formula is C19H18ClFN4O2S. The summed E-state index contributed by atoms with van der Waals surface area (Å²) in [6.45, 7) is 0.0932. The number of carbonyl (C=O) groups is 1. The van der Waals surface area contributed by atoms with E-state index in [1.54, 1.807) is 20.2 Å². The molecule has 0 aliphatic rings. The highest BCUT2D eigenvalue weighted by Crippen LogP contribution is 2.23. The summed E-state index contributed by atoms with van der Waals surface area (Å²) in [6, 6.07) is 11.8. The zero-order valence-corrected chi connectivity index (χ0v) is 16.9. The van der Waals surface area contributed by atoms with Crippen molar-refractivity contribution in [3.63, 3.8) is 0 Å². The van der Waals surface area contributed by atoms with Gasteiger partial charge in [0.15, 0.2) is 5.82 Å². The highest BCUT2D eigenvalue weighted by Gasteiger charge is 2.16. The van der Waals surface area contributed by atoms with Crippen LogP contribution in [-0.4, -0.2) is 45.9 Å². The summed E-state index contributed by atoms with van der Waals surface area (Å²) < 4.78 is 19.0. The molecule has 3 rings (SSSR count). The maximum atomic E-state index is 13.9. The lowest BCUT2D eigenvalue weighted by atomic mass is 10.2. The second kappa shape index (κ2) is 9.07. The van der Waals surface area contributed by atoms with Crippen LogP contribution in [0.3, 0.4) is 0 Å². The highest BCUT2D eigenvalue weighted by atomic mass is 35.5. The Morgan fingerprint density at radius 3 is 2.71 bits per heavy atom. The van der Waals surface area contributed by atoms with Gasteiger partial charge in [-0.1, -0.05) is 29.4 Å². The predicted octanol–water partition coefficient (Wildman–Crippen LogP) is 4.02. The summed E-state index contributed by atoms with van der Waals surface area (Å²) in [5.74, 6) is 0.867. The number of ether oxygens (including phenoxy) is 1. The normalized spacial score (nSPS) is 10.7. The van der Waals surface area contributed by atoms with E-state index in [2.05, 4.69) is 15.2 Å². The second-order valence-corrected chi connectivity index (χ2v) is 7.28. The second-order valence-electron chi connectivity index (χ2n) is 5.93. The molecule has 0 aliphatic carbocycles. The molecule has 3 aromatic rings. The van der Waals surface area contributed by atoms with Crippen molar-refractivity contribution in [1.29, 1.82) is 0 Å². The molecule has 0 unspecified atom stereocenters. The lowest BCUT2D eigenvalue weighted by Gasteiger charge is -2.18. The number of amides is 1. The van der Waals surface area contributed by atoms with E-state index in [4.69, 9.17) is 16.3 Å². The Morgan fingerprint density at radius 2 is 2.04 bits per heavy atom. The number of benzene rings is 2. The molecule has 0 bridgehead atoms. The Labute approximate surface area is 171 Å². The van der Waals surface area contributed by atoms with Crippen LogP contribution < -0.4 is 4.74 Å². The molecule has 0 spiro atoms. The van der Waals surface area contributed by atoms with Crippen molar-refractivity contribution in [2.45, 2.75) is 11.7 Å². The molecule has 0 aliphatic heterocycles. The molecule has 28 heavy (non-hydrogen) atoms. The van der Waals surface area contributed by atoms with Crippen molar-refractivity contribution in [2.24, 2.45) is 0 Å². The van der Waals surface area contributed by atoms with Crippen molar-refractivity contribution in [3.05, 3.63) is 58.9 Å². The molecule has 1 amide bonds. The SMILES string of the molecule is COc1ccc(-c2nc(SCC(=O)N(C)Cc3c(F)cccc3Cl)n[nH]2)cc1. The van der Waals surface area contributed by atoms with Gasteiger partial charge in [0, 0.05) is 29.7 Å².